The number of anilines is 1. The van der Waals surface area contributed by atoms with Crippen LogP contribution in [0.25, 0.3) is 0 Å². The van der Waals surface area contributed by atoms with Crippen LogP contribution in [0.15, 0.2) is 36.4 Å². The summed E-state index contributed by atoms with van der Waals surface area (Å²) in [4.78, 5) is 10.1. The van der Waals surface area contributed by atoms with Crippen LogP contribution in [0.1, 0.15) is 5.56 Å². The Bertz CT molecular complexity index is 679. The maximum atomic E-state index is 13.6. The lowest BCUT2D eigenvalue weighted by Crippen LogP contribution is -2.03. The van der Waals surface area contributed by atoms with Gasteiger partial charge in [0.25, 0.3) is 5.69 Å². The van der Waals surface area contributed by atoms with Crippen LogP contribution in [-0.2, 0) is 6.54 Å². The number of nitro benzene ring substituents is 1. The minimum absolute atomic E-state index is 0.0867. The summed E-state index contributed by atoms with van der Waals surface area (Å²) in [7, 11) is 1.49. The van der Waals surface area contributed by atoms with Gasteiger partial charge in [0.15, 0.2) is 0 Å². The van der Waals surface area contributed by atoms with E-state index >= 15 is 0 Å². The maximum absolute atomic E-state index is 13.6. The third kappa shape index (κ3) is 3.61. The van der Waals surface area contributed by atoms with Gasteiger partial charge in [0, 0.05) is 24.7 Å². The van der Waals surface area contributed by atoms with E-state index < -0.39 is 10.7 Å². The molecule has 0 aliphatic carbocycles. The molecule has 0 bridgehead atoms. The first-order chi connectivity index (χ1) is 10.0. The van der Waals surface area contributed by atoms with Gasteiger partial charge in [0.05, 0.1) is 22.7 Å². The van der Waals surface area contributed by atoms with E-state index in [1.807, 2.05) is 0 Å². The highest BCUT2D eigenvalue weighted by molar-refractivity contribution is 6.31. The molecule has 0 heterocycles. The molecular weight excluding hydrogens is 299 g/mol. The number of halogens is 2. The highest BCUT2D eigenvalue weighted by Crippen LogP contribution is 2.25. The van der Waals surface area contributed by atoms with Crippen LogP contribution in [0.5, 0.6) is 5.75 Å². The Kier molecular flexibility index (Phi) is 4.59. The molecule has 110 valence electrons. The first-order valence-electron chi connectivity index (χ1n) is 6.01. The molecule has 2 aromatic carbocycles. The van der Waals surface area contributed by atoms with Gasteiger partial charge in [0.2, 0.25) is 0 Å². The zero-order valence-electron chi connectivity index (χ0n) is 11.1. The highest BCUT2D eigenvalue weighted by atomic mass is 35.5. The lowest BCUT2D eigenvalue weighted by Gasteiger charge is -2.10. The SMILES string of the molecule is COc1ccc(F)c(NCc2ccc([N+](=O)[O-])cc2Cl)c1. The Morgan fingerprint density at radius 2 is 2.10 bits per heavy atom. The van der Waals surface area contributed by atoms with Crippen LogP contribution < -0.4 is 10.1 Å². The number of hydrogen-bond donors (Lipinski definition) is 1. The summed E-state index contributed by atoms with van der Waals surface area (Å²) in [5.74, 6) is 0.0996. The largest absolute Gasteiger partial charge is 0.497 e. The fourth-order valence-corrected chi connectivity index (χ4v) is 1.99. The Hall–Kier alpha value is -2.34. The van der Waals surface area contributed by atoms with E-state index in [2.05, 4.69) is 5.32 Å². The topological polar surface area (TPSA) is 64.4 Å². The van der Waals surface area contributed by atoms with Crippen molar-refractivity contribution in [1.82, 2.24) is 0 Å². The van der Waals surface area contributed by atoms with E-state index in [1.165, 1.54) is 43.5 Å². The zero-order valence-corrected chi connectivity index (χ0v) is 11.9. The van der Waals surface area contributed by atoms with Crippen LogP contribution in [0.4, 0.5) is 15.8 Å². The molecule has 0 spiro atoms. The first-order valence-corrected chi connectivity index (χ1v) is 6.39. The Labute approximate surface area is 125 Å². The Morgan fingerprint density at radius 3 is 2.71 bits per heavy atom. The molecule has 0 aliphatic rings. The van der Waals surface area contributed by atoms with Crippen molar-refractivity contribution < 1.29 is 14.1 Å². The minimum atomic E-state index is -0.523. The standard InChI is InChI=1S/C14H12ClFN2O3/c1-21-11-4-5-13(16)14(7-11)17-8-9-2-3-10(18(19)20)6-12(9)15/h2-7,17H,8H2,1H3. The molecule has 0 saturated carbocycles. The van der Waals surface area contributed by atoms with Gasteiger partial charge in [-0.1, -0.05) is 11.6 Å². The molecule has 0 aliphatic heterocycles. The number of hydrogen-bond acceptors (Lipinski definition) is 4. The van der Waals surface area contributed by atoms with Crippen molar-refractivity contribution in [2.75, 3.05) is 12.4 Å². The molecular formula is C14H12ClFN2O3. The molecule has 0 aromatic heterocycles. The number of methoxy groups -OCH3 is 1. The molecule has 0 fully saturated rings. The molecule has 5 nitrogen and oxygen atoms in total. The van der Waals surface area contributed by atoms with Gasteiger partial charge in [0.1, 0.15) is 11.6 Å². The van der Waals surface area contributed by atoms with Crippen molar-refractivity contribution >= 4 is 23.0 Å². The van der Waals surface area contributed by atoms with E-state index in [-0.39, 0.29) is 22.9 Å². The predicted molar refractivity (Wildman–Crippen MR) is 78.4 cm³/mol. The molecule has 0 saturated heterocycles. The smallest absolute Gasteiger partial charge is 0.270 e. The summed E-state index contributed by atoms with van der Waals surface area (Å²) in [6, 6.07) is 8.48. The van der Waals surface area contributed by atoms with E-state index in [9.17, 15) is 14.5 Å². The van der Waals surface area contributed by atoms with Crippen molar-refractivity contribution in [3.05, 3.63) is 62.9 Å². The van der Waals surface area contributed by atoms with Crippen molar-refractivity contribution in [2.45, 2.75) is 6.54 Å². The van der Waals surface area contributed by atoms with E-state index in [4.69, 9.17) is 16.3 Å². The third-order valence-corrected chi connectivity index (χ3v) is 3.24. The van der Waals surface area contributed by atoms with Crippen molar-refractivity contribution in [3.63, 3.8) is 0 Å². The van der Waals surface area contributed by atoms with Gasteiger partial charge in [-0.2, -0.15) is 0 Å². The minimum Gasteiger partial charge on any atom is -0.497 e. The number of nitrogens with one attached hydrogen (secondary N) is 1. The molecule has 0 unspecified atom stereocenters. The van der Waals surface area contributed by atoms with Crippen molar-refractivity contribution in [3.8, 4) is 5.75 Å². The third-order valence-electron chi connectivity index (χ3n) is 2.89. The first kappa shape index (κ1) is 15.1. The average molecular weight is 311 g/mol. The monoisotopic (exact) mass is 310 g/mol. The average Bonchev–Trinajstić information content (AvgIpc) is 2.47. The van der Waals surface area contributed by atoms with Crippen molar-refractivity contribution in [2.24, 2.45) is 0 Å². The molecule has 0 amide bonds. The van der Waals surface area contributed by atoms with Gasteiger partial charge in [-0.15, -0.1) is 0 Å². The second-order valence-corrected chi connectivity index (χ2v) is 4.64. The number of benzene rings is 2. The maximum Gasteiger partial charge on any atom is 0.270 e. The molecule has 2 aromatic rings. The zero-order chi connectivity index (χ0) is 15.4. The fraction of sp³-hybridized carbons (Fsp3) is 0.143. The van der Waals surface area contributed by atoms with Gasteiger partial charge in [-0.3, -0.25) is 10.1 Å². The Balaban J connectivity index is 2.15. The summed E-state index contributed by atoms with van der Waals surface area (Å²) < 4.78 is 18.7. The number of non-ortho nitro benzene ring substituents is 1. The van der Waals surface area contributed by atoms with Crippen LogP contribution in [0.2, 0.25) is 5.02 Å². The summed E-state index contributed by atoms with van der Waals surface area (Å²) in [5.41, 5.74) is 0.810. The van der Waals surface area contributed by atoms with Crippen LogP contribution in [-0.4, -0.2) is 12.0 Å². The number of rotatable bonds is 5. The van der Waals surface area contributed by atoms with Crippen LogP contribution in [0.3, 0.4) is 0 Å². The van der Waals surface area contributed by atoms with Crippen molar-refractivity contribution in [1.29, 1.82) is 0 Å². The molecule has 1 N–H and O–H groups in total. The van der Waals surface area contributed by atoms with Gasteiger partial charge in [-0.25, -0.2) is 4.39 Å². The lowest BCUT2D eigenvalue weighted by atomic mass is 10.2. The summed E-state index contributed by atoms with van der Waals surface area (Å²) in [6.45, 7) is 0.237. The van der Waals surface area contributed by atoms with Gasteiger partial charge < -0.3 is 10.1 Å². The fourth-order valence-electron chi connectivity index (χ4n) is 1.75. The van der Waals surface area contributed by atoms with Gasteiger partial charge >= 0.3 is 0 Å². The van der Waals surface area contributed by atoms with E-state index in [1.54, 1.807) is 0 Å². The van der Waals surface area contributed by atoms with Gasteiger partial charge in [-0.05, 0) is 23.8 Å². The lowest BCUT2D eigenvalue weighted by molar-refractivity contribution is -0.384. The molecule has 7 heteroatoms. The molecule has 2 rings (SSSR count). The van der Waals surface area contributed by atoms with Crippen LogP contribution >= 0.6 is 11.6 Å². The number of nitrogens with zero attached hydrogens (tertiary/aromatic N) is 1. The normalized spacial score (nSPS) is 10.2. The molecule has 0 radical (unpaired) electrons. The molecule has 21 heavy (non-hydrogen) atoms. The number of ether oxygens (including phenoxy) is 1. The van der Waals surface area contributed by atoms with E-state index in [0.717, 1.165) is 0 Å². The molecule has 0 atom stereocenters. The summed E-state index contributed by atoms with van der Waals surface area (Å²) in [5, 5.41) is 13.8. The Morgan fingerprint density at radius 1 is 1.33 bits per heavy atom. The predicted octanol–water partition coefficient (Wildman–Crippen LogP) is 4.01. The summed E-state index contributed by atoms with van der Waals surface area (Å²) in [6.07, 6.45) is 0. The quantitative estimate of drug-likeness (QED) is 0.669. The summed E-state index contributed by atoms with van der Waals surface area (Å²) >= 11 is 5.98. The second-order valence-electron chi connectivity index (χ2n) is 4.23. The second kappa shape index (κ2) is 6.41. The van der Waals surface area contributed by atoms with E-state index in [0.29, 0.717) is 11.3 Å². The van der Waals surface area contributed by atoms with Crippen LogP contribution in [0, 0.1) is 15.9 Å². The number of nitro groups is 1. The highest BCUT2D eigenvalue weighted by Gasteiger charge is 2.10.